The largest absolute Gasteiger partial charge is 0.385 e. The first-order chi connectivity index (χ1) is 7.83. The summed E-state index contributed by atoms with van der Waals surface area (Å²) in [6, 6.07) is 0. The molecule has 1 aromatic rings. The summed E-state index contributed by atoms with van der Waals surface area (Å²) in [4.78, 5) is 10.7. The zero-order valence-electron chi connectivity index (χ0n) is 9.68. The van der Waals surface area contributed by atoms with Crippen LogP contribution >= 0.6 is 0 Å². The highest BCUT2D eigenvalue weighted by atomic mass is 16.5. The molecule has 0 spiro atoms. The zero-order valence-corrected chi connectivity index (χ0v) is 9.68. The van der Waals surface area contributed by atoms with Gasteiger partial charge in [-0.1, -0.05) is 5.21 Å². The number of aromatic nitrogens is 3. The molecule has 16 heavy (non-hydrogen) atoms. The molecule has 0 fully saturated rings. The molecule has 6 nitrogen and oxygen atoms in total. The second kappa shape index (κ2) is 7.08. The average Bonchev–Trinajstić information content (AvgIpc) is 2.68. The highest BCUT2D eigenvalue weighted by molar-refractivity contribution is 5.73. The predicted molar refractivity (Wildman–Crippen MR) is 57.2 cm³/mol. The van der Waals surface area contributed by atoms with Gasteiger partial charge in [-0.2, -0.15) is 0 Å². The van der Waals surface area contributed by atoms with Crippen LogP contribution in [-0.4, -0.2) is 42.1 Å². The topological polar surface area (TPSA) is 66.2 Å². The second-order valence-electron chi connectivity index (χ2n) is 3.40. The molecule has 1 heterocycles. The van der Waals surface area contributed by atoms with Crippen molar-refractivity contribution in [3.05, 3.63) is 11.4 Å². The molecular weight excluding hydrogens is 210 g/mol. The highest BCUT2D eigenvalue weighted by Crippen LogP contribution is 2.06. The minimum Gasteiger partial charge on any atom is -0.385 e. The van der Waals surface area contributed by atoms with E-state index in [4.69, 9.17) is 9.47 Å². The van der Waals surface area contributed by atoms with E-state index < -0.39 is 0 Å². The Bertz CT molecular complexity index is 325. The molecule has 0 unspecified atom stereocenters. The number of nitrogens with zero attached hydrogens (tertiary/aromatic N) is 3. The number of aldehydes is 1. The first kappa shape index (κ1) is 12.8. The molecule has 0 aromatic carbocycles. The van der Waals surface area contributed by atoms with E-state index >= 15 is 0 Å². The van der Waals surface area contributed by atoms with Gasteiger partial charge in [0.15, 0.2) is 12.0 Å². The summed E-state index contributed by atoms with van der Waals surface area (Å²) in [5, 5.41) is 7.70. The molecule has 0 atom stereocenters. The van der Waals surface area contributed by atoms with Crippen LogP contribution in [0.3, 0.4) is 0 Å². The van der Waals surface area contributed by atoms with Gasteiger partial charge in [0.05, 0.1) is 12.3 Å². The molecule has 1 rings (SSSR count). The summed E-state index contributed by atoms with van der Waals surface area (Å²) in [6.45, 7) is 1.81. The van der Waals surface area contributed by atoms with Crippen molar-refractivity contribution in [2.75, 3.05) is 20.8 Å². The third-order valence-electron chi connectivity index (χ3n) is 2.23. The highest BCUT2D eigenvalue weighted by Gasteiger charge is 2.11. The van der Waals surface area contributed by atoms with E-state index in [-0.39, 0.29) is 0 Å². The van der Waals surface area contributed by atoms with Gasteiger partial charge in [0, 0.05) is 27.4 Å². The van der Waals surface area contributed by atoms with E-state index in [2.05, 4.69) is 10.3 Å². The Kier molecular flexibility index (Phi) is 5.66. The summed E-state index contributed by atoms with van der Waals surface area (Å²) in [5.41, 5.74) is 1.09. The van der Waals surface area contributed by atoms with E-state index in [0.717, 1.165) is 31.7 Å². The maximum Gasteiger partial charge on any atom is 0.172 e. The lowest BCUT2D eigenvalue weighted by atomic mass is 10.3. The van der Waals surface area contributed by atoms with E-state index in [0.29, 0.717) is 18.6 Å². The molecule has 0 amide bonds. The van der Waals surface area contributed by atoms with Crippen molar-refractivity contribution in [2.45, 2.75) is 26.0 Å². The Morgan fingerprint density at radius 3 is 2.75 bits per heavy atom. The molecule has 6 heteroatoms. The van der Waals surface area contributed by atoms with Gasteiger partial charge in [0.25, 0.3) is 0 Å². The van der Waals surface area contributed by atoms with Gasteiger partial charge in [-0.25, -0.2) is 4.68 Å². The van der Waals surface area contributed by atoms with Crippen LogP contribution in [0, 0.1) is 0 Å². The molecule has 0 saturated carbocycles. The minimum atomic E-state index is 0.353. The van der Waals surface area contributed by atoms with Crippen molar-refractivity contribution >= 4 is 6.29 Å². The average molecular weight is 227 g/mol. The number of ether oxygens (including phenoxy) is 2. The van der Waals surface area contributed by atoms with E-state index in [1.165, 1.54) is 0 Å². The molecule has 0 bridgehead atoms. The van der Waals surface area contributed by atoms with Crippen LogP contribution in [0.4, 0.5) is 0 Å². The SMILES string of the molecule is COCCCCn1nnc(C=O)c1COC. The lowest BCUT2D eigenvalue weighted by molar-refractivity contribution is 0.111. The zero-order chi connectivity index (χ0) is 11.8. The van der Waals surface area contributed by atoms with Crippen molar-refractivity contribution in [1.82, 2.24) is 15.0 Å². The smallest absolute Gasteiger partial charge is 0.172 e. The number of aryl methyl sites for hydroxylation is 1. The van der Waals surface area contributed by atoms with Crippen LogP contribution in [0.1, 0.15) is 29.0 Å². The Labute approximate surface area is 94.5 Å². The maximum absolute atomic E-state index is 10.7. The number of carbonyl (C=O) groups is 1. The Morgan fingerprint density at radius 1 is 1.31 bits per heavy atom. The normalized spacial score (nSPS) is 10.6. The van der Waals surface area contributed by atoms with E-state index in [1.807, 2.05) is 0 Å². The van der Waals surface area contributed by atoms with Crippen molar-refractivity contribution in [3.8, 4) is 0 Å². The Balaban J connectivity index is 2.57. The summed E-state index contributed by atoms with van der Waals surface area (Å²) in [5.74, 6) is 0. The molecule has 0 saturated heterocycles. The van der Waals surface area contributed by atoms with Crippen LogP contribution in [0.2, 0.25) is 0 Å². The van der Waals surface area contributed by atoms with Crippen molar-refractivity contribution in [3.63, 3.8) is 0 Å². The van der Waals surface area contributed by atoms with Gasteiger partial charge >= 0.3 is 0 Å². The van der Waals surface area contributed by atoms with Crippen molar-refractivity contribution in [1.29, 1.82) is 0 Å². The monoisotopic (exact) mass is 227 g/mol. The van der Waals surface area contributed by atoms with E-state index in [9.17, 15) is 4.79 Å². The predicted octanol–water partition coefficient (Wildman–Crippen LogP) is 0.664. The number of methoxy groups -OCH3 is 2. The fourth-order valence-corrected chi connectivity index (χ4v) is 1.41. The molecule has 90 valence electrons. The fourth-order valence-electron chi connectivity index (χ4n) is 1.41. The molecule has 0 aliphatic carbocycles. The quantitative estimate of drug-likeness (QED) is 0.482. The summed E-state index contributed by atoms with van der Waals surface area (Å²) >= 11 is 0. The maximum atomic E-state index is 10.7. The lowest BCUT2D eigenvalue weighted by Crippen LogP contribution is -2.08. The molecule has 0 radical (unpaired) electrons. The van der Waals surface area contributed by atoms with Crippen LogP contribution in [0.5, 0.6) is 0 Å². The standard InChI is InChI=1S/C10H17N3O3/c1-15-6-4-3-5-13-10(8-16-2)9(7-14)11-12-13/h7H,3-6,8H2,1-2H3. The van der Waals surface area contributed by atoms with Crippen molar-refractivity contribution < 1.29 is 14.3 Å². The van der Waals surface area contributed by atoms with Crippen LogP contribution < -0.4 is 0 Å². The van der Waals surface area contributed by atoms with E-state index in [1.54, 1.807) is 18.9 Å². The second-order valence-corrected chi connectivity index (χ2v) is 3.40. The molecule has 0 aliphatic heterocycles. The molecule has 1 aromatic heterocycles. The first-order valence-electron chi connectivity index (χ1n) is 5.19. The summed E-state index contributed by atoms with van der Waals surface area (Å²) < 4.78 is 11.7. The summed E-state index contributed by atoms with van der Waals surface area (Å²) in [7, 11) is 3.26. The van der Waals surface area contributed by atoms with Crippen LogP contribution in [0.25, 0.3) is 0 Å². The van der Waals surface area contributed by atoms with Crippen molar-refractivity contribution in [2.24, 2.45) is 0 Å². The Hall–Kier alpha value is -1.27. The van der Waals surface area contributed by atoms with Gasteiger partial charge in [-0.15, -0.1) is 5.10 Å². The lowest BCUT2D eigenvalue weighted by Gasteiger charge is -2.05. The van der Waals surface area contributed by atoms with Crippen LogP contribution in [-0.2, 0) is 22.6 Å². The minimum absolute atomic E-state index is 0.353. The molecule has 0 aliphatic rings. The van der Waals surface area contributed by atoms with Gasteiger partial charge in [-0.3, -0.25) is 4.79 Å². The van der Waals surface area contributed by atoms with Gasteiger partial charge in [-0.05, 0) is 12.8 Å². The Morgan fingerprint density at radius 2 is 2.12 bits per heavy atom. The van der Waals surface area contributed by atoms with Gasteiger partial charge in [0.1, 0.15) is 0 Å². The third kappa shape index (κ3) is 3.39. The molecule has 0 N–H and O–H groups in total. The third-order valence-corrected chi connectivity index (χ3v) is 2.23. The van der Waals surface area contributed by atoms with Crippen LogP contribution in [0.15, 0.2) is 0 Å². The number of rotatable bonds is 8. The first-order valence-corrected chi connectivity index (χ1v) is 5.19. The summed E-state index contributed by atoms with van der Waals surface area (Å²) in [6.07, 6.45) is 2.60. The fraction of sp³-hybridized carbons (Fsp3) is 0.700. The number of hydrogen-bond acceptors (Lipinski definition) is 5. The number of hydrogen-bond donors (Lipinski definition) is 0. The number of carbonyl (C=O) groups excluding carboxylic acids is 1. The molecular formula is C10H17N3O3. The van der Waals surface area contributed by atoms with Gasteiger partial charge in [0.2, 0.25) is 0 Å². The number of unbranched alkanes of at least 4 members (excludes halogenated alkanes) is 1. The van der Waals surface area contributed by atoms with Gasteiger partial charge < -0.3 is 9.47 Å².